The molecule has 9 heavy (non-hydrogen) atoms. The van der Waals surface area contributed by atoms with Gasteiger partial charge in [0, 0.05) is 0 Å². The van der Waals surface area contributed by atoms with Crippen molar-refractivity contribution in [3.63, 3.8) is 0 Å². The summed E-state index contributed by atoms with van der Waals surface area (Å²) >= 11 is -4.84. The molecule has 0 unspecified atom stereocenters. The Morgan fingerprint density at radius 1 is 1.33 bits per heavy atom. The van der Waals surface area contributed by atoms with E-state index in [-0.39, 0.29) is 11.3 Å². The van der Waals surface area contributed by atoms with Gasteiger partial charge in [0.15, 0.2) is 0 Å². The third kappa shape index (κ3) is 1.64. The van der Waals surface area contributed by atoms with Gasteiger partial charge >= 0.3 is 0 Å². The first-order valence-electron chi connectivity index (χ1n) is 2.72. The molecule has 0 N–H and O–H groups in total. The highest BCUT2D eigenvalue weighted by Gasteiger charge is 2.28. The Labute approximate surface area is 53.9 Å². The summed E-state index contributed by atoms with van der Waals surface area (Å²) in [7, 11) is 0. The molecule has 1 rings (SSSR count). The van der Waals surface area contributed by atoms with E-state index in [1.807, 2.05) is 0 Å². The van der Waals surface area contributed by atoms with E-state index in [9.17, 15) is 11.7 Å². The molecule has 0 aromatic rings. The van der Waals surface area contributed by atoms with Crippen molar-refractivity contribution in [1.29, 1.82) is 0 Å². The van der Waals surface area contributed by atoms with E-state index in [1.165, 1.54) is 6.08 Å². The smallest absolute Gasteiger partial charge is 0.120 e. The average molecular weight is 156 g/mol. The minimum atomic E-state index is -4.84. The van der Waals surface area contributed by atoms with Crippen LogP contribution in [0.3, 0.4) is 0 Å². The molecule has 0 fully saturated rings. The molecule has 0 saturated carbocycles. The molecule has 1 aliphatic carbocycles. The zero-order chi connectivity index (χ0) is 6.91. The minimum absolute atomic E-state index is 0.249. The molecule has 0 nitrogen and oxygen atoms in total. The van der Waals surface area contributed by atoms with E-state index in [2.05, 4.69) is 0 Å². The maximum Gasteiger partial charge on any atom is 0.233 e. The Morgan fingerprint density at radius 2 is 2.00 bits per heavy atom. The molecule has 54 valence electrons. The predicted octanol–water partition coefficient (Wildman–Crippen LogP) is 3.51. The standard InChI is InChI=1S/C5H7F3S/c6-9(7,8)5-3-1-2-4-5/h3H,1-2,4H2. The molecule has 0 atom stereocenters. The number of hydrogen-bond donors (Lipinski definition) is 0. The molecule has 0 aromatic carbocycles. The lowest BCUT2D eigenvalue weighted by Gasteiger charge is -2.09. The first-order chi connectivity index (χ1) is 4.11. The van der Waals surface area contributed by atoms with Gasteiger partial charge in [0.25, 0.3) is 0 Å². The fourth-order valence-corrected chi connectivity index (χ4v) is 1.53. The van der Waals surface area contributed by atoms with Gasteiger partial charge in [-0.3, -0.25) is 0 Å². The van der Waals surface area contributed by atoms with E-state index >= 15 is 0 Å². The minimum Gasteiger partial charge on any atom is -0.120 e. The summed E-state index contributed by atoms with van der Waals surface area (Å²) in [6.07, 6.45) is 2.86. The molecule has 0 aliphatic heterocycles. The fourth-order valence-electron chi connectivity index (χ4n) is 0.852. The van der Waals surface area contributed by atoms with Crippen LogP contribution in [-0.4, -0.2) is 0 Å². The zero-order valence-corrected chi connectivity index (χ0v) is 5.56. The monoisotopic (exact) mass is 156 g/mol. The topological polar surface area (TPSA) is 0 Å². The molecular weight excluding hydrogens is 149 g/mol. The normalized spacial score (nSPS) is 21.9. The van der Waals surface area contributed by atoms with Crippen LogP contribution in [0.4, 0.5) is 11.7 Å². The molecule has 0 heterocycles. The first kappa shape index (κ1) is 6.99. The van der Waals surface area contributed by atoms with E-state index in [0.717, 1.165) is 0 Å². The second-order valence-electron chi connectivity index (χ2n) is 1.97. The summed E-state index contributed by atoms with van der Waals surface area (Å²) in [5.74, 6) is 0. The summed E-state index contributed by atoms with van der Waals surface area (Å²) in [6.45, 7) is 0. The van der Waals surface area contributed by atoms with E-state index in [1.54, 1.807) is 0 Å². The molecular formula is C5H7F3S. The van der Waals surface area contributed by atoms with Crippen molar-refractivity contribution in [2.75, 3.05) is 0 Å². The maximum absolute atomic E-state index is 11.8. The van der Waals surface area contributed by atoms with Crippen molar-refractivity contribution < 1.29 is 11.7 Å². The highest BCUT2D eigenvalue weighted by atomic mass is 32.3. The quantitative estimate of drug-likeness (QED) is 0.545. The fraction of sp³-hybridized carbons (Fsp3) is 0.600. The van der Waals surface area contributed by atoms with E-state index < -0.39 is 11.2 Å². The number of allylic oxidation sites excluding steroid dienone is 2. The Morgan fingerprint density at radius 3 is 2.22 bits per heavy atom. The van der Waals surface area contributed by atoms with Crippen LogP contribution in [0.1, 0.15) is 19.3 Å². The van der Waals surface area contributed by atoms with Crippen LogP contribution in [0, 0.1) is 0 Å². The Balaban J connectivity index is 2.61. The lowest BCUT2D eigenvalue weighted by atomic mass is 10.4. The van der Waals surface area contributed by atoms with Gasteiger partial charge in [-0.2, -0.15) is 0 Å². The van der Waals surface area contributed by atoms with Gasteiger partial charge in [-0.05, 0) is 19.3 Å². The summed E-state index contributed by atoms with van der Waals surface area (Å²) in [4.78, 5) is -0.262. The van der Waals surface area contributed by atoms with Crippen LogP contribution in [0.2, 0.25) is 0 Å². The van der Waals surface area contributed by atoms with Crippen LogP contribution in [0.15, 0.2) is 11.0 Å². The summed E-state index contributed by atoms with van der Waals surface area (Å²) in [6, 6.07) is 0. The van der Waals surface area contributed by atoms with Gasteiger partial charge in [-0.25, -0.2) is 0 Å². The van der Waals surface area contributed by atoms with Crippen LogP contribution >= 0.6 is 11.2 Å². The highest BCUT2D eigenvalue weighted by molar-refractivity contribution is 8.24. The molecule has 1 aliphatic rings. The van der Waals surface area contributed by atoms with Crippen molar-refractivity contribution >= 4 is 11.2 Å². The molecule has 0 aromatic heterocycles. The zero-order valence-electron chi connectivity index (χ0n) is 4.74. The molecule has 0 amide bonds. The lowest BCUT2D eigenvalue weighted by Crippen LogP contribution is -1.77. The number of rotatable bonds is 1. The average Bonchev–Trinajstić information content (AvgIpc) is 2.08. The van der Waals surface area contributed by atoms with Crippen molar-refractivity contribution in [2.24, 2.45) is 0 Å². The third-order valence-electron chi connectivity index (χ3n) is 1.30. The number of halogens is 3. The van der Waals surface area contributed by atoms with Gasteiger partial charge in [-0.15, -0.1) is 11.7 Å². The van der Waals surface area contributed by atoms with Crippen LogP contribution in [-0.2, 0) is 0 Å². The van der Waals surface area contributed by atoms with E-state index in [0.29, 0.717) is 12.8 Å². The Hall–Kier alpha value is -0.120. The third-order valence-corrected chi connectivity index (χ3v) is 2.26. The molecule has 4 heteroatoms. The highest BCUT2D eigenvalue weighted by Crippen LogP contribution is 2.63. The lowest BCUT2D eigenvalue weighted by molar-refractivity contribution is 0.643. The Bertz CT molecular complexity index is 136. The largest absolute Gasteiger partial charge is 0.233 e. The van der Waals surface area contributed by atoms with Crippen LogP contribution < -0.4 is 0 Å². The molecule has 0 spiro atoms. The van der Waals surface area contributed by atoms with Gasteiger partial charge in [-0.1, -0.05) is 6.08 Å². The van der Waals surface area contributed by atoms with Gasteiger partial charge in [0.05, 0.1) is 4.91 Å². The van der Waals surface area contributed by atoms with E-state index in [4.69, 9.17) is 0 Å². The molecule has 0 radical (unpaired) electrons. The van der Waals surface area contributed by atoms with Crippen LogP contribution in [0.25, 0.3) is 0 Å². The predicted molar refractivity (Wildman–Crippen MR) is 32.8 cm³/mol. The second kappa shape index (κ2) is 2.25. The maximum atomic E-state index is 11.8. The van der Waals surface area contributed by atoms with Gasteiger partial charge in [0.2, 0.25) is 11.2 Å². The summed E-state index contributed by atoms with van der Waals surface area (Å²) < 4.78 is 35.3. The van der Waals surface area contributed by atoms with Crippen molar-refractivity contribution in [2.45, 2.75) is 19.3 Å². The molecule has 0 bridgehead atoms. The Kier molecular flexibility index (Phi) is 1.75. The van der Waals surface area contributed by atoms with Crippen molar-refractivity contribution in [1.82, 2.24) is 0 Å². The summed E-state index contributed by atoms with van der Waals surface area (Å²) in [5.41, 5.74) is 0. The number of hydrogen-bond acceptors (Lipinski definition) is 0. The van der Waals surface area contributed by atoms with Gasteiger partial charge in [0.1, 0.15) is 0 Å². The second-order valence-corrected chi connectivity index (χ2v) is 3.31. The van der Waals surface area contributed by atoms with Gasteiger partial charge < -0.3 is 0 Å². The van der Waals surface area contributed by atoms with Crippen LogP contribution in [0.5, 0.6) is 0 Å². The van der Waals surface area contributed by atoms with Crippen molar-refractivity contribution in [3.8, 4) is 0 Å². The SMILES string of the molecule is FS(F)(F)C1=CCCC1. The summed E-state index contributed by atoms with van der Waals surface area (Å²) in [5, 5.41) is 0. The molecule has 0 saturated heterocycles. The first-order valence-corrected chi connectivity index (χ1v) is 4.05. The van der Waals surface area contributed by atoms with Crippen molar-refractivity contribution in [3.05, 3.63) is 11.0 Å².